The Hall–Kier alpha value is -0.600. The van der Waals surface area contributed by atoms with E-state index in [1.165, 1.54) is 0 Å². The average Bonchev–Trinajstić information content (AvgIpc) is 2.22. The molecule has 4 heteroatoms. The minimum absolute atomic E-state index is 0.114. The summed E-state index contributed by atoms with van der Waals surface area (Å²) in [6.45, 7) is 16.6. The number of hydrogen-bond acceptors (Lipinski definition) is 4. The fourth-order valence-electron chi connectivity index (χ4n) is 0.994. The molecular weight excluding hydrogens is 256 g/mol. The Bertz CT molecular complexity index is 284. The molecule has 0 amide bonds. The highest BCUT2D eigenvalue weighted by molar-refractivity contribution is 5.05. The van der Waals surface area contributed by atoms with Gasteiger partial charge in [-0.2, -0.15) is 0 Å². The molecule has 0 radical (unpaired) electrons. The van der Waals surface area contributed by atoms with Gasteiger partial charge >= 0.3 is 0 Å². The third-order valence-corrected chi connectivity index (χ3v) is 1.83. The molecule has 20 heavy (non-hydrogen) atoms. The largest absolute Gasteiger partial charge is 0.235 e. The molecule has 4 nitrogen and oxygen atoms in total. The van der Waals surface area contributed by atoms with Crippen LogP contribution >= 0.6 is 0 Å². The van der Waals surface area contributed by atoms with Gasteiger partial charge in [0.1, 0.15) is 0 Å². The minimum atomic E-state index is -0.293. The zero-order valence-electron chi connectivity index (χ0n) is 14.2. The smallest absolute Gasteiger partial charge is 0.0957 e. The van der Waals surface area contributed by atoms with Crippen LogP contribution in [0.15, 0.2) is 0 Å². The summed E-state index contributed by atoms with van der Waals surface area (Å²) in [5.41, 5.74) is -0.586. The Labute approximate surface area is 124 Å². The van der Waals surface area contributed by atoms with Crippen molar-refractivity contribution < 1.29 is 19.6 Å². The zero-order chi connectivity index (χ0) is 15.8. The van der Waals surface area contributed by atoms with Crippen molar-refractivity contribution in [3.05, 3.63) is 0 Å². The maximum atomic E-state index is 5.20. The van der Waals surface area contributed by atoms with Gasteiger partial charge in [-0.1, -0.05) is 11.8 Å². The molecule has 0 aromatic rings. The quantitative estimate of drug-likeness (QED) is 0.423. The van der Waals surface area contributed by atoms with E-state index in [2.05, 4.69) is 11.8 Å². The van der Waals surface area contributed by atoms with Crippen molar-refractivity contribution in [1.82, 2.24) is 0 Å². The second kappa shape index (κ2) is 8.63. The minimum Gasteiger partial charge on any atom is -0.235 e. The molecule has 0 aliphatic carbocycles. The van der Waals surface area contributed by atoms with E-state index in [1.54, 1.807) is 0 Å². The molecular formula is C16H30O4. The molecule has 0 fully saturated rings. The van der Waals surface area contributed by atoms with Crippen LogP contribution in [0.25, 0.3) is 0 Å². The first-order chi connectivity index (χ1) is 8.99. The Balaban J connectivity index is 3.87. The van der Waals surface area contributed by atoms with Crippen molar-refractivity contribution in [1.29, 1.82) is 0 Å². The molecule has 0 aromatic carbocycles. The second-order valence-corrected chi connectivity index (χ2v) is 7.05. The van der Waals surface area contributed by atoms with Gasteiger partial charge in [0.15, 0.2) is 0 Å². The van der Waals surface area contributed by atoms with Crippen LogP contribution in [0.3, 0.4) is 0 Å². The maximum absolute atomic E-state index is 5.20. The van der Waals surface area contributed by atoms with Gasteiger partial charge in [-0.15, -0.1) is 0 Å². The fourth-order valence-corrected chi connectivity index (χ4v) is 0.994. The van der Waals surface area contributed by atoms with Crippen LogP contribution in [-0.4, -0.2) is 24.4 Å². The van der Waals surface area contributed by atoms with Crippen LogP contribution < -0.4 is 0 Å². The van der Waals surface area contributed by atoms with E-state index in [9.17, 15) is 0 Å². The lowest BCUT2D eigenvalue weighted by atomic mass is 10.1. The first kappa shape index (κ1) is 19.4. The van der Waals surface area contributed by atoms with Gasteiger partial charge in [-0.25, -0.2) is 19.6 Å². The molecule has 0 saturated carbocycles. The van der Waals surface area contributed by atoms with Gasteiger partial charge in [-0.3, -0.25) is 0 Å². The topological polar surface area (TPSA) is 36.9 Å². The van der Waals surface area contributed by atoms with E-state index in [0.717, 1.165) is 0 Å². The molecule has 2 atom stereocenters. The zero-order valence-corrected chi connectivity index (χ0v) is 14.2. The van der Waals surface area contributed by atoms with Crippen molar-refractivity contribution in [2.24, 2.45) is 11.8 Å². The maximum Gasteiger partial charge on any atom is 0.0957 e. The van der Waals surface area contributed by atoms with Gasteiger partial charge in [0, 0.05) is 11.8 Å². The van der Waals surface area contributed by atoms with E-state index >= 15 is 0 Å². The lowest BCUT2D eigenvalue weighted by Gasteiger charge is -2.18. The standard InChI is InChI=1S/C16H30O4/c1-13(11-17-19-15(3,4)5)9-10-14(2)12-18-20-16(6,7)8/h13-14H,11-12H2,1-8H3. The summed E-state index contributed by atoms with van der Waals surface area (Å²) in [6.07, 6.45) is 0. The molecule has 0 heterocycles. The van der Waals surface area contributed by atoms with Crippen LogP contribution in [0.1, 0.15) is 55.4 Å². The summed E-state index contributed by atoms with van der Waals surface area (Å²) in [6, 6.07) is 0. The second-order valence-electron chi connectivity index (χ2n) is 7.05. The third kappa shape index (κ3) is 13.8. The van der Waals surface area contributed by atoms with Crippen molar-refractivity contribution in [2.45, 2.75) is 66.6 Å². The normalized spacial score (nSPS) is 15.4. The molecule has 0 aromatic heterocycles. The molecule has 0 N–H and O–H groups in total. The predicted octanol–water partition coefficient (Wildman–Crippen LogP) is 3.76. The Morgan fingerprint density at radius 2 is 1.00 bits per heavy atom. The lowest BCUT2D eigenvalue weighted by Crippen LogP contribution is -2.21. The predicted molar refractivity (Wildman–Crippen MR) is 79.7 cm³/mol. The van der Waals surface area contributed by atoms with Crippen molar-refractivity contribution in [2.75, 3.05) is 13.2 Å². The molecule has 2 unspecified atom stereocenters. The third-order valence-electron chi connectivity index (χ3n) is 1.83. The Morgan fingerprint density at radius 3 is 1.25 bits per heavy atom. The highest BCUT2D eigenvalue weighted by Gasteiger charge is 2.13. The molecule has 0 bridgehead atoms. The first-order valence-electron chi connectivity index (χ1n) is 7.12. The number of rotatable bonds is 6. The SMILES string of the molecule is CC(C#CC(C)COOC(C)(C)C)COOC(C)(C)C. The van der Waals surface area contributed by atoms with E-state index in [1.807, 2.05) is 55.4 Å². The Morgan fingerprint density at radius 1 is 0.700 bits per heavy atom. The Kier molecular flexibility index (Phi) is 8.38. The van der Waals surface area contributed by atoms with E-state index in [4.69, 9.17) is 19.6 Å². The van der Waals surface area contributed by atoms with E-state index in [-0.39, 0.29) is 23.0 Å². The molecule has 0 spiro atoms. The van der Waals surface area contributed by atoms with Gasteiger partial charge in [0.2, 0.25) is 0 Å². The van der Waals surface area contributed by atoms with E-state index < -0.39 is 0 Å². The summed E-state index contributed by atoms with van der Waals surface area (Å²) in [4.78, 5) is 20.7. The van der Waals surface area contributed by atoms with E-state index in [0.29, 0.717) is 13.2 Å². The van der Waals surface area contributed by atoms with Crippen LogP contribution in [0.2, 0.25) is 0 Å². The number of hydrogen-bond donors (Lipinski definition) is 0. The lowest BCUT2D eigenvalue weighted by molar-refractivity contribution is -0.351. The van der Waals surface area contributed by atoms with Crippen molar-refractivity contribution in [3.63, 3.8) is 0 Å². The monoisotopic (exact) mass is 286 g/mol. The van der Waals surface area contributed by atoms with Crippen LogP contribution in [0.5, 0.6) is 0 Å². The van der Waals surface area contributed by atoms with Gasteiger partial charge in [0.25, 0.3) is 0 Å². The highest BCUT2D eigenvalue weighted by atomic mass is 17.2. The summed E-state index contributed by atoms with van der Waals surface area (Å²) >= 11 is 0. The molecule has 118 valence electrons. The molecule has 0 aliphatic rings. The molecule has 0 aliphatic heterocycles. The van der Waals surface area contributed by atoms with Gasteiger partial charge < -0.3 is 0 Å². The van der Waals surface area contributed by atoms with Gasteiger partial charge in [0.05, 0.1) is 24.4 Å². The summed E-state index contributed by atoms with van der Waals surface area (Å²) in [7, 11) is 0. The average molecular weight is 286 g/mol. The van der Waals surface area contributed by atoms with Crippen LogP contribution in [0.4, 0.5) is 0 Å². The summed E-state index contributed by atoms with van der Waals surface area (Å²) in [5, 5.41) is 0. The first-order valence-corrected chi connectivity index (χ1v) is 7.12. The van der Waals surface area contributed by atoms with Crippen molar-refractivity contribution >= 4 is 0 Å². The molecule has 0 rings (SSSR count). The summed E-state index contributed by atoms with van der Waals surface area (Å²) < 4.78 is 0. The molecule has 0 saturated heterocycles. The van der Waals surface area contributed by atoms with Crippen LogP contribution in [-0.2, 0) is 19.6 Å². The van der Waals surface area contributed by atoms with Crippen LogP contribution in [0, 0.1) is 23.7 Å². The van der Waals surface area contributed by atoms with Gasteiger partial charge in [-0.05, 0) is 55.4 Å². The van der Waals surface area contributed by atoms with Crippen molar-refractivity contribution in [3.8, 4) is 11.8 Å². The highest BCUT2D eigenvalue weighted by Crippen LogP contribution is 2.09. The summed E-state index contributed by atoms with van der Waals surface area (Å²) in [5.74, 6) is 6.48. The fraction of sp³-hybridized carbons (Fsp3) is 0.875.